The molecule has 0 amide bonds. The number of carbonyl (C=O) groups is 4. The fourth-order valence-corrected chi connectivity index (χ4v) is 18.0. The van der Waals surface area contributed by atoms with Gasteiger partial charge in [0.1, 0.15) is 0 Å². The molecule has 0 unspecified atom stereocenters. The Hall–Kier alpha value is -2.36. The number of rotatable bonds is 68. The van der Waals surface area contributed by atoms with Crippen LogP contribution in [-0.4, -0.2) is 43.9 Å². The van der Waals surface area contributed by atoms with Gasteiger partial charge in [-0.1, -0.05) is 0 Å². The molecule has 0 heterocycles. The van der Waals surface area contributed by atoms with E-state index in [2.05, 4.69) is 83.1 Å². The van der Waals surface area contributed by atoms with Gasteiger partial charge in [-0.3, -0.25) is 0 Å². The second-order valence-electron chi connectivity index (χ2n) is 28.1. The molecule has 0 aromatic carbocycles. The van der Waals surface area contributed by atoms with Gasteiger partial charge in [-0.25, -0.2) is 0 Å². The molecular formula is C84H156O8Sn. The van der Waals surface area contributed by atoms with E-state index in [-0.39, 0.29) is 0 Å². The SMILES string of the molecule is CCCCCCC(CCCCCC)=C(CCCCCC)C(=O)[O][Sn]([O]C(=O)C(CCCCCC)=C(CCCCCC)CCCCCC)([O]C(=O)C(CCCCCC)=C(CCCCCC)CCCCCC)[O]C(=O)C(CCCCCC)=C(CCCCCC)CCCCCC. The molecule has 0 bridgehead atoms. The maximum atomic E-state index is 16.4. The van der Waals surface area contributed by atoms with Gasteiger partial charge in [0.2, 0.25) is 0 Å². The Labute approximate surface area is 584 Å². The molecule has 0 fully saturated rings. The summed E-state index contributed by atoms with van der Waals surface area (Å²) in [5, 5.41) is 0. The molecule has 0 N–H and O–H groups in total. The van der Waals surface area contributed by atoms with Gasteiger partial charge in [0, 0.05) is 0 Å². The van der Waals surface area contributed by atoms with E-state index in [0.29, 0.717) is 48.0 Å². The predicted molar refractivity (Wildman–Crippen MR) is 403 cm³/mol. The van der Waals surface area contributed by atoms with Gasteiger partial charge in [-0.2, -0.15) is 0 Å². The molecule has 0 aromatic heterocycles. The Morgan fingerprint density at radius 2 is 0.290 bits per heavy atom. The van der Waals surface area contributed by atoms with E-state index in [0.717, 1.165) is 382 Å². The first kappa shape index (κ1) is 90.6. The van der Waals surface area contributed by atoms with Crippen molar-refractivity contribution in [2.75, 3.05) is 0 Å². The van der Waals surface area contributed by atoms with Crippen LogP contribution in [0.2, 0.25) is 0 Å². The second-order valence-corrected chi connectivity index (χ2v) is 33.3. The maximum absolute atomic E-state index is 16.4. The minimum atomic E-state index is -6.83. The van der Waals surface area contributed by atoms with Gasteiger partial charge in [0.05, 0.1) is 0 Å². The van der Waals surface area contributed by atoms with Crippen LogP contribution in [0.1, 0.15) is 468 Å². The molecule has 0 aliphatic heterocycles. The summed E-state index contributed by atoms with van der Waals surface area (Å²) in [6.07, 6.45) is 57.6. The van der Waals surface area contributed by atoms with Gasteiger partial charge < -0.3 is 0 Å². The Kier molecular flexibility index (Phi) is 63.9. The molecule has 0 aromatic rings. The normalized spacial score (nSPS) is 11.4. The summed E-state index contributed by atoms with van der Waals surface area (Å²) >= 11 is -6.83. The second kappa shape index (κ2) is 65.6. The zero-order valence-electron chi connectivity index (χ0n) is 64.2. The van der Waals surface area contributed by atoms with Crippen molar-refractivity contribution in [1.82, 2.24) is 0 Å². The van der Waals surface area contributed by atoms with Crippen LogP contribution in [0.25, 0.3) is 0 Å². The first-order valence-electron chi connectivity index (χ1n) is 41.2. The van der Waals surface area contributed by atoms with Crippen molar-refractivity contribution in [2.45, 2.75) is 468 Å². The van der Waals surface area contributed by atoms with Gasteiger partial charge in [0.25, 0.3) is 0 Å². The van der Waals surface area contributed by atoms with E-state index in [4.69, 9.17) is 12.3 Å². The van der Waals surface area contributed by atoms with Gasteiger partial charge in [-0.15, -0.1) is 0 Å². The summed E-state index contributed by atoms with van der Waals surface area (Å²) in [5.41, 5.74) is 6.83. The molecule has 93 heavy (non-hydrogen) atoms. The number of unbranched alkanes of at least 4 members (excludes halogenated alkanes) is 36. The van der Waals surface area contributed by atoms with Crippen molar-refractivity contribution in [3.05, 3.63) is 44.6 Å². The van der Waals surface area contributed by atoms with Crippen LogP contribution in [0.5, 0.6) is 0 Å². The standard InChI is InChI=1S/4C21H40O2.Sn/c4*1-4-7-10-13-16-19(17-14-11-8-5-2)20(21(22)23)18-15-12-9-6-3;/h4*4-18H2,1-3H3,(H,22,23);/q;;;;+4/p-4. The Balaban J connectivity index is 9.94. The first-order chi connectivity index (χ1) is 45.4. The molecule has 8 nitrogen and oxygen atoms in total. The van der Waals surface area contributed by atoms with E-state index in [9.17, 15) is 0 Å². The Morgan fingerprint density at radius 3 is 0.409 bits per heavy atom. The Morgan fingerprint density at radius 1 is 0.172 bits per heavy atom. The van der Waals surface area contributed by atoms with E-state index in [1.807, 2.05) is 0 Å². The van der Waals surface area contributed by atoms with Crippen molar-refractivity contribution >= 4 is 43.9 Å². The van der Waals surface area contributed by atoms with Gasteiger partial charge in [0.15, 0.2) is 0 Å². The molecule has 9 heteroatoms. The monoisotopic (exact) mass is 1410 g/mol. The molecule has 0 aliphatic carbocycles. The zero-order valence-corrected chi connectivity index (χ0v) is 67.0. The molecule has 0 radical (unpaired) electrons. The first-order valence-corrected chi connectivity index (χ1v) is 45.8. The fraction of sp³-hybridized carbons (Fsp3) is 0.857. The molecule has 0 saturated carbocycles. The number of allylic oxidation sites excluding steroid dienone is 4. The van der Waals surface area contributed by atoms with Crippen molar-refractivity contribution in [3.63, 3.8) is 0 Å². The summed E-state index contributed by atoms with van der Waals surface area (Å²) in [4.78, 5) is 65.6. The van der Waals surface area contributed by atoms with Crippen LogP contribution in [0, 0.1) is 0 Å². The van der Waals surface area contributed by atoms with E-state index in [1.54, 1.807) is 0 Å². The summed E-state index contributed by atoms with van der Waals surface area (Å²) in [7, 11) is 0. The van der Waals surface area contributed by atoms with Crippen LogP contribution in [0.15, 0.2) is 44.6 Å². The predicted octanol–water partition coefficient (Wildman–Crippen LogP) is 28.4. The van der Waals surface area contributed by atoms with Gasteiger partial charge >= 0.3 is 588 Å². The summed E-state index contributed by atoms with van der Waals surface area (Å²) in [5.74, 6) is -2.48. The number of hydrogen-bond acceptors (Lipinski definition) is 8. The zero-order chi connectivity index (χ0) is 68.7. The number of carbonyl (C=O) groups excluding carboxylic acids is 4. The van der Waals surface area contributed by atoms with Crippen LogP contribution >= 0.6 is 0 Å². The minimum absolute atomic E-state index is 0.500. The summed E-state index contributed by atoms with van der Waals surface area (Å²) in [6, 6.07) is 0. The molecule has 544 valence electrons. The van der Waals surface area contributed by atoms with Gasteiger partial charge in [-0.05, 0) is 0 Å². The molecule has 0 atom stereocenters. The third kappa shape index (κ3) is 46.5. The van der Waals surface area contributed by atoms with Crippen molar-refractivity contribution in [3.8, 4) is 0 Å². The van der Waals surface area contributed by atoms with E-state index >= 15 is 19.2 Å². The quantitative estimate of drug-likeness (QED) is 0.0337. The van der Waals surface area contributed by atoms with Crippen molar-refractivity contribution in [1.29, 1.82) is 0 Å². The van der Waals surface area contributed by atoms with E-state index < -0.39 is 43.9 Å². The average molecular weight is 1410 g/mol. The van der Waals surface area contributed by atoms with Crippen LogP contribution in [0.4, 0.5) is 0 Å². The van der Waals surface area contributed by atoms with Crippen LogP contribution in [-0.2, 0) is 31.5 Å². The van der Waals surface area contributed by atoms with E-state index in [1.165, 1.54) is 0 Å². The average Bonchev–Trinajstić information content (AvgIpc) is 0.813. The van der Waals surface area contributed by atoms with Crippen molar-refractivity contribution in [2.24, 2.45) is 0 Å². The third-order valence-electron chi connectivity index (χ3n) is 19.3. The molecule has 0 saturated heterocycles. The number of hydrogen-bond donors (Lipinski definition) is 0. The van der Waals surface area contributed by atoms with Crippen LogP contribution in [0.3, 0.4) is 0 Å². The summed E-state index contributed by atoms with van der Waals surface area (Å²) in [6.45, 7) is 26.8. The molecule has 0 aliphatic rings. The third-order valence-corrected chi connectivity index (χ3v) is 24.3. The molecule has 0 spiro atoms. The Bertz CT molecular complexity index is 1630. The topological polar surface area (TPSA) is 105 Å². The molecular weight excluding hydrogens is 1260 g/mol. The van der Waals surface area contributed by atoms with Crippen LogP contribution < -0.4 is 0 Å². The fourth-order valence-electron chi connectivity index (χ4n) is 13.3. The summed E-state index contributed by atoms with van der Waals surface area (Å²) < 4.78 is 28.9. The van der Waals surface area contributed by atoms with Crippen molar-refractivity contribution < 1.29 is 31.5 Å². The molecule has 0 rings (SSSR count).